The molecule has 0 saturated heterocycles. The van der Waals surface area contributed by atoms with Crippen LogP contribution in [0.3, 0.4) is 0 Å². The lowest BCUT2D eigenvalue weighted by molar-refractivity contribution is 0.0696. The lowest BCUT2D eigenvalue weighted by atomic mass is 10.1. The van der Waals surface area contributed by atoms with Crippen molar-refractivity contribution in [3.05, 3.63) is 76.9 Å². The van der Waals surface area contributed by atoms with Crippen LogP contribution in [0.15, 0.2) is 79.9 Å². The zero-order valence-corrected chi connectivity index (χ0v) is 27.9. The predicted molar refractivity (Wildman–Crippen MR) is 189 cm³/mol. The number of fused-ring (bicyclic) bond motifs is 1. The zero-order chi connectivity index (χ0) is 35.7. The van der Waals surface area contributed by atoms with Crippen LogP contribution in [-0.4, -0.2) is 54.0 Å². The topological polar surface area (TPSA) is 243 Å². The Bertz CT molecular complexity index is 1880. The highest BCUT2D eigenvalue weighted by molar-refractivity contribution is 8.19. The molecule has 0 aliphatic rings. The van der Waals surface area contributed by atoms with Crippen LogP contribution in [0, 0.1) is 13.8 Å². The smallest absolute Gasteiger partial charge is 0.335 e. The van der Waals surface area contributed by atoms with Crippen molar-refractivity contribution in [3.8, 4) is 5.75 Å². The van der Waals surface area contributed by atoms with E-state index in [0.29, 0.717) is 39.8 Å². The largest absolute Gasteiger partial charge is 0.505 e. The molecule has 0 aliphatic heterocycles. The van der Waals surface area contributed by atoms with Crippen molar-refractivity contribution < 1.29 is 38.6 Å². The number of rotatable bonds is 16. The van der Waals surface area contributed by atoms with Crippen LogP contribution < -0.4 is 11.1 Å². The standard InChI is InChI=1S/C34H40N6O8S/c1-20-14-29(21(2)13-28(20)38-37-26-16-23(33(42)43)15-24(17-26)34(44)45)39-40-31-30(49(46,47)48)18-22-9-10-25(19-27(22)32(31)41)36-12-8-6-4-3-5-7-11-35/h9-10,13-19,36,41,46-48H,3-8,11-12,35H2,1-2H3,(H,42,43)(H,44,45). The average Bonchev–Trinajstić information content (AvgIpc) is 3.05. The Morgan fingerprint density at radius 3 is 1.88 bits per heavy atom. The molecule has 0 heterocycles. The molecule has 0 saturated carbocycles. The first-order chi connectivity index (χ1) is 23.3. The van der Waals surface area contributed by atoms with E-state index in [-0.39, 0.29) is 27.4 Å². The Morgan fingerprint density at radius 1 is 0.735 bits per heavy atom. The van der Waals surface area contributed by atoms with Gasteiger partial charge in [-0.3, -0.25) is 0 Å². The summed E-state index contributed by atoms with van der Waals surface area (Å²) in [6.07, 6.45) is 6.51. The van der Waals surface area contributed by atoms with Gasteiger partial charge in [-0.15, -0.1) is 5.11 Å². The highest BCUT2D eigenvalue weighted by Crippen LogP contribution is 2.54. The second-order valence-electron chi connectivity index (χ2n) is 11.6. The third kappa shape index (κ3) is 9.81. The molecule has 0 aromatic heterocycles. The summed E-state index contributed by atoms with van der Waals surface area (Å²) in [7, 11) is -4.30. The van der Waals surface area contributed by atoms with Gasteiger partial charge in [-0.25, -0.2) is 9.59 Å². The second kappa shape index (κ2) is 16.5. The lowest BCUT2D eigenvalue weighted by Gasteiger charge is -2.22. The lowest BCUT2D eigenvalue weighted by Crippen LogP contribution is -2.02. The van der Waals surface area contributed by atoms with Crippen LogP contribution >= 0.6 is 10.9 Å². The summed E-state index contributed by atoms with van der Waals surface area (Å²) in [6.45, 7) is 4.87. The molecule has 0 spiro atoms. The third-order valence-electron chi connectivity index (χ3n) is 7.76. The molecule has 260 valence electrons. The summed E-state index contributed by atoms with van der Waals surface area (Å²) >= 11 is 0. The van der Waals surface area contributed by atoms with Gasteiger partial charge in [0.2, 0.25) is 0 Å². The number of anilines is 1. The van der Waals surface area contributed by atoms with E-state index in [4.69, 9.17) is 5.73 Å². The van der Waals surface area contributed by atoms with Crippen LogP contribution in [0.25, 0.3) is 10.8 Å². The van der Waals surface area contributed by atoms with E-state index >= 15 is 0 Å². The summed E-state index contributed by atoms with van der Waals surface area (Å²) in [5.74, 6) is -3.01. The Morgan fingerprint density at radius 2 is 1.31 bits per heavy atom. The van der Waals surface area contributed by atoms with Crippen molar-refractivity contribution in [1.82, 2.24) is 0 Å². The second-order valence-corrected chi connectivity index (χ2v) is 13.0. The summed E-state index contributed by atoms with van der Waals surface area (Å²) < 4.78 is 30.6. The predicted octanol–water partition coefficient (Wildman–Crippen LogP) is 9.68. The molecule has 4 rings (SSSR count). The summed E-state index contributed by atoms with van der Waals surface area (Å²) in [5.41, 5.74) is 7.40. The van der Waals surface area contributed by atoms with Gasteiger partial charge in [-0.05, 0) is 98.3 Å². The molecule has 4 aromatic carbocycles. The number of hydrogen-bond donors (Lipinski definition) is 8. The Kier molecular flexibility index (Phi) is 12.4. The molecule has 4 aromatic rings. The van der Waals surface area contributed by atoms with Gasteiger partial charge in [0.05, 0.1) is 33.1 Å². The van der Waals surface area contributed by atoms with Crippen molar-refractivity contribution in [2.24, 2.45) is 26.2 Å². The number of benzene rings is 4. The summed E-state index contributed by atoms with van der Waals surface area (Å²) in [4.78, 5) is 22.5. The van der Waals surface area contributed by atoms with E-state index in [1.54, 1.807) is 44.2 Å². The Labute approximate surface area is 284 Å². The maximum Gasteiger partial charge on any atom is 0.335 e. The Hall–Kier alpha value is -4.93. The first-order valence-corrected chi connectivity index (χ1v) is 17.1. The molecule has 0 unspecified atom stereocenters. The van der Waals surface area contributed by atoms with E-state index in [1.807, 2.05) is 0 Å². The molecule has 0 amide bonds. The number of nitrogens with one attached hydrogen (secondary N) is 1. The number of carboxylic acid groups (broad SMARTS) is 2. The normalized spacial score (nSPS) is 12.3. The third-order valence-corrected chi connectivity index (χ3v) is 8.67. The highest BCUT2D eigenvalue weighted by Gasteiger charge is 2.25. The number of phenolic OH excluding ortho intramolecular Hbond substituents is 1. The molecular weight excluding hydrogens is 652 g/mol. The van der Waals surface area contributed by atoms with Crippen LogP contribution in [-0.2, 0) is 0 Å². The molecule has 0 bridgehead atoms. The van der Waals surface area contributed by atoms with Crippen molar-refractivity contribution in [1.29, 1.82) is 0 Å². The minimum atomic E-state index is -4.30. The first-order valence-electron chi connectivity index (χ1n) is 15.6. The van der Waals surface area contributed by atoms with Gasteiger partial charge in [0, 0.05) is 17.6 Å². The first kappa shape index (κ1) is 36.9. The molecular formula is C34H40N6O8S. The van der Waals surface area contributed by atoms with E-state index in [1.165, 1.54) is 18.2 Å². The minimum absolute atomic E-state index is 0.0350. The molecule has 0 aliphatic carbocycles. The van der Waals surface area contributed by atoms with E-state index in [9.17, 15) is 38.6 Å². The minimum Gasteiger partial charge on any atom is -0.505 e. The molecule has 49 heavy (non-hydrogen) atoms. The molecule has 0 atom stereocenters. The SMILES string of the molecule is Cc1cc(N=Nc2c(S(O)(O)O)cc3ccc(NCCCCCCCCN)cc3c2O)c(C)cc1N=Nc1cc(C(=O)O)cc(C(=O)O)c1. The fourth-order valence-corrected chi connectivity index (χ4v) is 5.78. The van der Waals surface area contributed by atoms with Gasteiger partial charge < -0.3 is 40.0 Å². The number of hydrogen-bond acceptors (Lipinski definition) is 12. The van der Waals surface area contributed by atoms with Gasteiger partial charge in [0.25, 0.3) is 0 Å². The molecule has 0 fully saturated rings. The number of carbonyl (C=O) groups is 2. The van der Waals surface area contributed by atoms with Crippen molar-refractivity contribution in [3.63, 3.8) is 0 Å². The van der Waals surface area contributed by atoms with E-state index < -0.39 is 28.6 Å². The number of aromatic carboxylic acids is 2. The van der Waals surface area contributed by atoms with Crippen molar-refractivity contribution in [2.45, 2.75) is 57.3 Å². The van der Waals surface area contributed by atoms with Gasteiger partial charge in [0.15, 0.2) is 5.75 Å². The average molecular weight is 693 g/mol. The number of nitrogens with two attached hydrogens (primary N) is 1. The fraction of sp³-hybridized carbons (Fsp3) is 0.294. The number of carboxylic acids is 2. The number of azo groups is 2. The number of unbranched alkanes of at least 4 members (excludes halogenated alkanes) is 5. The molecule has 14 nitrogen and oxygen atoms in total. The fourth-order valence-electron chi connectivity index (χ4n) is 5.10. The van der Waals surface area contributed by atoms with Crippen LogP contribution in [0.1, 0.15) is 70.4 Å². The monoisotopic (exact) mass is 692 g/mol. The van der Waals surface area contributed by atoms with Crippen LogP contribution in [0.5, 0.6) is 5.75 Å². The van der Waals surface area contributed by atoms with Crippen molar-refractivity contribution in [2.75, 3.05) is 18.4 Å². The summed E-state index contributed by atoms with van der Waals surface area (Å²) in [5, 5.41) is 50.6. The molecule has 0 radical (unpaired) electrons. The van der Waals surface area contributed by atoms with Gasteiger partial charge in [0.1, 0.15) is 16.6 Å². The van der Waals surface area contributed by atoms with Crippen molar-refractivity contribution >= 4 is 62.0 Å². The number of aromatic hydroxyl groups is 1. The highest BCUT2D eigenvalue weighted by atomic mass is 32.3. The quantitative estimate of drug-likeness (QED) is 0.0408. The number of nitrogens with zero attached hydrogens (tertiary/aromatic N) is 4. The van der Waals surface area contributed by atoms with Gasteiger partial charge in [-0.1, -0.05) is 31.7 Å². The van der Waals surface area contributed by atoms with Gasteiger partial charge >= 0.3 is 11.9 Å². The molecule has 9 N–H and O–H groups in total. The summed E-state index contributed by atoms with van der Waals surface area (Å²) in [6, 6.07) is 13.3. The Balaban J connectivity index is 1.59. The molecule has 15 heteroatoms. The van der Waals surface area contributed by atoms with Crippen LogP contribution in [0.4, 0.5) is 28.4 Å². The van der Waals surface area contributed by atoms with Crippen LogP contribution in [0.2, 0.25) is 0 Å². The number of aryl methyl sites for hydroxylation is 2. The zero-order valence-electron chi connectivity index (χ0n) is 27.1. The maximum atomic E-state index is 11.4. The number of phenols is 1. The maximum absolute atomic E-state index is 11.4. The van der Waals surface area contributed by atoms with E-state index in [2.05, 4.69) is 25.8 Å². The van der Waals surface area contributed by atoms with E-state index in [0.717, 1.165) is 56.8 Å². The van der Waals surface area contributed by atoms with Gasteiger partial charge in [-0.2, -0.15) is 15.3 Å².